The van der Waals surface area contributed by atoms with Gasteiger partial charge in [-0.1, -0.05) is 67.1 Å². The van der Waals surface area contributed by atoms with Gasteiger partial charge in [-0.05, 0) is 17.5 Å². The first-order valence-corrected chi connectivity index (χ1v) is 13.4. The first-order valence-electron chi connectivity index (χ1n) is 11.8. The summed E-state index contributed by atoms with van der Waals surface area (Å²) in [5.74, 6) is -0.900. The van der Waals surface area contributed by atoms with Gasteiger partial charge >= 0.3 is 0 Å². The Kier molecular flexibility index (Phi) is 12.2. The molecule has 12 heteroatoms. The molecule has 5 N–H and O–H groups in total. The number of nitrogens with one attached hydrogen (secondary N) is 1. The molecule has 0 bridgehead atoms. The standard InChI is InChI=1S/C25H33N6O4S.W/c26-25(27)29-14-8-7-13-28-23(32)18-30-15-16-31(36(34,35)19-21-11-5-2-6-12-21)22(24(30)33)17-20-9-3-1-4-10-20;/h1-6,9-13,22H,7-8,14-19H2,(H,28,32)(H4,26,27,29);/q-1;. The molecule has 10 nitrogen and oxygen atoms in total. The number of hydrogen-bond donors (Lipinski definition) is 3. The number of nitrogens with two attached hydrogens (primary N) is 2. The summed E-state index contributed by atoms with van der Waals surface area (Å²) in [5, 5.41) is 2.68. The van der Waals surface area contributed by atoms with E-state index >= 15 is 0 Å². The topological polar surface area (TPSA) is 151 Å². The fourth-order valence-corrected chi connectivity index (χ4v) is 5.70. The maximum absolute atomic E-state index is 13.4. The maximum Gasteiger partial charge on any atom is 0.241 e. The van der Waals surface area contributed by atoms with Gasteiger partial charge in [-0.2, -0.15) is 10.7 Å². The summed E-state index contributed by atoms with van der Waals surface area (Å²) < 4.78 is 28.0. The van der Waals surface area contributed by atoms with Gasteiger partial charge in [0.15, 0.2) is 5.96 Å². The summed E-state index contributed by atoms with van der Waals surface area (Å²) in [5.41, 5.74) is 12.1. The first kappa shape index (κ1) is 30.5. The van der Waals surface area contributed by atoms with Crippen LogP contribution >= 0.6 is 0 Å². The Morgan fingerprint density at radius 1 is 1.03 bits per heavy atom. The van der Waals surface area contributed by atoms with E-state index in [1.165, 1.54) is 9.21 Å². The maximum atomic E-state index is 13.4. The van der Waals surface area contributed by atoms with E-state index in [1.807, 2.05) is 36.4 Å². The average molecular weight is 697 g/mol. The van der Waals surface area contributed by atoms with Crippen molar-refractivity contribution >= 4 is 27.8 Å². The molecule has 1 saturated heterocycles. The van der Waals surface area contributed by atoms with Crippen molar-refractivity contribution in [2.45, 2.75) is 31.1 Å². The van der Waals surface area contributed by atoms with Crippen LogP contribution in [-0.2, 0) is 52.9 Å². The number of carbonyl (C=O) groups is 2. The van der Waals surface area contributed by atoms with Gasteiger partial charge in [0.05, 0.1) is 12.3 Å². The van der Waals surface area contributed by atoms with Gasteiger partial charge in [-0.3, -0.25) is 14.6 Å². The number of guanidine groups is 1. The van der Waals surface area contributed by atoms with Gasteiger partial charge < -0.3 is 21.7 Å². The Morgan fingerprint density at radius 2 is 1.65 bits per heavy atom. The predicted molar refractivity (Wildman–Crippen MR) is 139 cm³/mol. The Hall–Kier alpha value is -2.75. The zero-order valence-corrected chi connectivity index (χ0v) is 24.3. The zero-order valence-electron chi connectivity index (χ0n) is 20.5. The minimum Gasteiger partial charge on any atom is -0.504 e. The number of unbranched alkanes of at least 4 members (excludes halogenated alkanes) is 1. The molecule has 0 saturated carbocycles. The van der Waals surface area contributed by atoms with Crippen LogP contribution in [0.15, 0.2) is 65.7 Å². The first-order chi connectivity index (χ1) is 17.3. The fraction of sp³-hybridized carbons (Fsp3) is 0.360. The molecule has 0 radical (unpaired) electrons. The largest absolute Gasteiger partial charge is 0.504 e. The molecule has 0 aromatic heterocycles. The number of carbonyl (C=O) groups excluding carboxylic acids is 2. The van der Waals surface area contributed by atoms with E-state index in [2.05, 4.69) is 10.3 Å². The predicted octanol–water partition coefficient (Wildman–Crippen LogP) is 0.601. The zero-order chi connectivity index (χ0) is 26.0. The molecule has 1 unspecified atom stereocenters. The molecule has 1 fully saturated rings. The van der Waals surface area contributed by atoms with E-state index in [-0.39, 0.29) is 70.6 Å². The molecule has 3 rings (SSSR count). The van der Waals surface area contributed by atoms with Gasteiger partial charge in [0.25, 0.3) is 0 Å². The molecule has 1 heterocycles. The summed E-state index contributed by atoms with van der Waals surface area (Å²) >= 11 is 0. The average Bonchev–Trinajstić information content (AvgIpc) is 2.84. The Bertz CT molecular complexity index is 1140. The third-order valence-electron chi connectivity index (χ3n) is 5.75. The second-order valence-corrected chi connectivity index (χ2v) is 10.5. The minimum absolute atomic E-state index is 0. The number of amides is 2. The Labute approximate surface area is 232 Å². The molecule has 1 atom stereocenters. The van der Waals surface area contributed by atoms with Crippen LogP contribution in [0.25, 0.3) is 0 Å². The monoisotopic (exact) mass is 697 g/mol. The van der Waals surface area contributed by atoms with Crippen molar-refractivity contribution in [3.05, 3.63) is 78.3 Å². The van der Waals surface area contributed by atoms with Crippen LogP contribution in [0.2, 0.25) is 0 Å². The number of benzene rings is 2. The molecular weight excluding hydrogens is 664 g/mol. The Morgan fingerprint density at radius 3 is 2.27 bits per heavy atom. The van der Waals surface area contributed by atoms with Crippen molar-refractivity contribution in [3.63, 3.8) is 0 Å². The van der Waals surface area contributed by atoms with Gasteiger partial charge in [-0.15, -0.1) is 0 Å². The molecule has 2 aromatic rings. The van der Waals surface area contributed by atoms with Gasteiger partial charge in [-0.25, -0.2) is 15.0 Å². The molecule has 2 amide bonds. The van der Waals surface area contributed by atoms with Crippen LogP contribution in [0.4, 0.5) is 0 Å². The van der Waals surface area contributed by atoms with E-state index in [0.29, 0.717) is 24.9 Å². The fourth-order valence-electron chi connectivity index (χ4n) is 4.01. The van der Waals surface area contributed by atoms with E-state index in [4.69, 9.17) is 11.5 Å². The van der Waals surface area contributed by atoms with Crippen LogP contribution in [-0.4, -0.2) is 67.6 Å². The number of piperazine rings is 1. The molecule has 0 spiro atoms. The Balaban J connectivity index is 0.00000481. The number of rotatable bonds is 12. The number of nitrogens with zero attached hydrogens (tertiary/aromatic N) is 3. The second-order valence-electron chi connectivity index (χ2n) is 8.54. The van der Waals surface area contributed by atoms with Crippen LogP contribution < -0.4 is 16.8 Å². The van der Waals surface area contributed by atoms with E-state index in [0.717, 1.165) is 5.56 Å². The summed E-state index contributed by atoms with van der Waals surface area (Å²) in [6.07, 6.45) is 1.45. The van der Waals surface area contributed by atoms with Crippen LogP contribution in [0.3, 0.4) is 0 Å². The molecule has 1 aliphatic heterocycles. The third kappa shape index (κ3) is 9.57. The normalized spacial score (nSPS) is 16.1. The quantitative estimate of drug-likeness (QED) is 0.128. The van der Waals surface area contributed by atoms with Crippen LogP contribution in [0, 0.1) is 6.54 Å². The van der Waals surface area contributed by atoms with E-state index < -0.39 is 16.1 Å². The van der Waals surface area contributed by atoms with Crippen molar-refractivity contribution in [2.24, 2.45) is 16.5 Å². The summed E-state index contributed by atoms with van der Waals surface area (Å²) in [6.45, 7) is 2.16. The molecule has 37 heavy (non-hydrogen) atoms. The number of aliphatic imine (C=N–C) groups is 1. The van der Waals surface area contributed by atoms with Crippen LogP contribution in [0.5, 0.6) is 0 Å². The minimum atomic E-state index is -3.77. The number of hydrogen-bond acceptors (Lipinski definition) is 5. The van der Waals surface area contributed by atoms with Crippen molar-refractivity contribution < 1.29 is 39.1 Å². The molecule has 0 aliphatic carbocycles. The van der Waals surface area contributed by atoms with Gasteiger partial charge in [0.1, 0.15) is 6.04 Å². The number of sulfonamides is 1. The van der Waals surface area contributed by atoms with Crippen LogP contribution in [0.1, 0.15) is 24.0 Å². The van der Waals surface area contributed by atoms with Crippen molar-refractivity contribution in [1.29, 1.82) is 0 Å². The summed E-state index contributed by atoms with van der Waals surface area (Å²) in [7, 11) is -3.77. The SMILES string of the molecule is NC(N)=NCCC[CH-]NC(=O)CN1CCN(S(=O)(=O)Cc2ccccc2)C(Cc2ccccc2)C1=O.[W]. The van der Waals surface area contributed by atoms with Gasteiger partial charge in [0.2, 0.25) is 21.8 Å². The van der Waals surface area contributed by atoms with Gasteiger partial charge in [0, 0.05) is 40.7 Å². The third-order valence-corrected chi connectivity index (χ3v) is 7.60. The van der Waals surface area contributed by atoms with Crippen molar-refractivity contribution in [1.82, 2.24) is 14.5 Å². The van der Waals surface area contributed by atoms with Crippen molar-refractivity contribution in [3.8, 4) is 0 Å². The molecule has 1 aliphatic rings. The molecule has 2 aromatic carbocycles. The summed E-state index contributed by atoms with van der Waals surface area (Å²) in [4.78, 5) is 31.2. The van der Waals surface area contributed by atoms with E-state index in [1.54, 1.807) is 30.8 Å². The second kappa shape index (κ2) is 14.9. The van der Waals surface area contributed by atoms with E-state index in [9.17, 15) is 18.0 Å². The molecule has 200 valence electrons. The smallest absolute Gasteiger partial charge is 0.241 e. The summed E-state index contributed by atoms with van der Waals surface area (Å²) in [6, 6.07) is 17.2. The van der Waals surface area contributed by atoms with Crippen molar-refractivity contribution in [2.75, 3.05) is 26.2 Å². The molecular formula is C25H33N6O4SW-.